The number of unbranched alkanes of at least 4 members (excludes halogenated alkanes) is 2. The molecule has 3 rings (SSSR count). The molecule has 2 atom stereocenters. The average Bonchev–Trinajstić information content (AvgIpc) is 2.61. The van der Waals surface area contributed by atoms with Crippen LogP contribution in [0.25, 0.3) is 0 Å². The summed E-state index contributed by atoms with van der Waals surface area (Å²) < 4.78 is 11.0. The zero-order chi connectivity index (χ0) is 18.8. The number of ether oxygens (including phenoxy) is 2. The first-order chi connectivity index (χ1) is 12.5. The van der Waals surface area contributed by atoms with Crippen LogP contribution in [0.3, 0.4) is 0 Å². The number of allylic oxidation sites excluding steroid dienone is 3. The standard InChI is InChI=1S/C22H28O4/c1-5-6-7-8-15-12-18-20(21(23)19(15)22(24)25-4)17-11-13(2)9-10-16(17)14(3)26-18/h11-12,16-17,23H,3,5-10H2,1-2,4H3/t16-,17?/m1/s1. The van der Waals surface area contributed by atoms with Crippen molar-refractivity contribution in [2.24, 2.45) is 5.92 Å². The topological polar surface area (TPSA) is 55.8 Å². The van der Waals surface area contributed by atoms with Crippen molar-refractivity contribution in [1.82, 2.24) is 0 Å². The molecule has 1 aliphatic heterocycles. The maximum atomic E-state index is 12.4. The Morgan fingerprint density at radius 2 is 2.19 bits per heavy atom. The van der Waals surface area contributed by atoms with E-state index in [1.807, 2.05) is 6.07 Å². The summed E-state index contributed by atoms with van der Waals surface area (Å²) in [7, 11) is 1.35. The molecule has 1 aromatic rings. The third kappa shape index (κ3) is 3.25. The molecule has 0 aromatic heterocycles. The number of phenolic OH excluding ortho intramolecular Hbond substituents is 1. The smallest absolute Gasteiger partial charge is 0.341 e. The van der Waals surface area contributed by atoms with E-state index in [2.05, 4.69) is 26.5 Å². The van der Waals surface area contributed by atoms with Crippen LogP contribution in [0.1, 0.15) is 73.4 Å². The summed E-state index contributed by atoms with van der Waals surface area (Å²) in [6.45, 7) is 8.34. The number of methoxy groups -OCH3 is 1. The molecule has 0 saturated heterocycles. The number of hydrogen-bond donors (Lipinski definition) is 1. The highest BCUT2D eigenvalue weighted by molar-refractivity contribution is 5.95. The Kier molecular flexibility index (Phi) is 5.40. The first kappa shape index (κ1) is 18.6. The molecule has 26 heavy (non-hydrogen) atoms. The van der Waals surface area contributed by atoms with E-state index >= 15 is 0 Å². The van der Waals surface area contributed by atoms with E-state index in [0.717, 1.165) is 43.4 Å². The van der Waals surface area contributed by atoms with Gasteiger partial charge in [-0.25, -0.2) is 4.79 Å². The SMILES string of the molecule is C=C1Oc2cc(CCCCC)c(C(=O)OC)c(O)c2C2C=C(C)CC[C@H]12. The summed E-state index contributed by atoms with van der Waals surface area (Å²) >= 11 is 0. The van der Waals surface area contributed by atoms with Crippen LogP contribution in [0.15, 0.2) is 30.1 Å². The Morgan fingerprint density at radius 3 is 2.88 bits per heavy atom. The summed E-state index contributed by atoms with van der Waals surface area (Å²) in [6.07, 6.45) is 7.93. The number of esters is 1. The third-order valence-corrected chi connectivity index (χ3v) is 5.56. The fourth-order valence-electron chi connectivity index (χ4n) is 4.14. The summed E-state index contributed by atoms with van der Waals surface area (Å²) in [5.74, 6) is 1.01. The van der Waals surface area contributed by atoms with Gasteiger partial charge in [0.25, 0.3) is 0 Å². The van der Waals surface area contributed by atoms with Crippen molar-refractivity contribution >= 4 is 5.97 Å². The molecule has 1 N–H and O–H groups in total. The first-order valence-corrected chi connectivity index (χ1v) is 9.48. The molecule has 1 heterocycles. The Morgan fingerprint density at radius 1 is 1.42 bits per heavy atom. The third-order valence-electron chi connectivity index (χ3n) is 5.56. The van der Waals surface area contributed by atoms with Crippen LogP contribution in [0.4, 0.5) is 0 Å². The minimum absolute atomic E-state index is 0.00639. The van der Waals surface area contributed by atoms with Crippen LogP contribution in [-0.4, -0.2) is 18.2 Å². The Hall–Kier alpha value is -2.23. The van der Waals surface area contributed by atoms with Crippen LogP contribution < -0.4 is 4.74 Å². The predicted octanol–water partition coefficient (Wildman–Crippen LogP) is 5.26. The molecule has 4 nitrogen and oxygen atoms in total. The lowest BCUT2D eigenvalue weighted by atomic mass is 9.73. The number of rotatable bonds is 5. The van der Waals surface area contributed by atoms with E-state index in [0.29, 0.717) is 17.7 Å². The highest BCUT2D eigenvalue weighted by Crippen LogP contribution is 2.52. The normalized spacial score (nSPS) is 21.3. The van der Waals surface area contributed by atoms with Gasteiger partial charge in [-0.05, 0) is 44.2 Å². The molecular formula is C22H28O4. The monoisotopic (exact) mass is 356 g/mol. The van der Waals surface area contributed by atoms with Crippen molar-refractivity contribution in [3.05, 3.63) is 46.7 Å². The number of phenols is 1. The van der Waals surface area contributed by atoms with Gasteiger partial charge in [-0.2, -0.15) is 0 Å². The zero-order valence-electron chi connectivity index (χ0n) is 15.9. The van der Waals surface area contributed by atoms with Crippen LogP contribution in [0.2, 0.25) is 0 Å². The lowest BCUT2D eigenvalue weighted by Crippen LogP contribution is -2.26. The minimum Gasteiger partial charge on any atom is -0.507 e. The van der Waals surface area contributed by atoms with Gasteiger partial charge in [0.1, 0.15) is 22.8 Å². The number of benzene rings is 1. The van der Waals surface area contributed by atoms with E-state index in [1.54, 1.807) is 0 Å². The molecule has 0 spiro atoms. The molecule has 4 heteroatoms. The molecule has 0 fully saturated rings. The fraction of sp³-hybridized carbons (Fsp3) is 0.500. The van der Waals surface area contributed by atoms with Crippen LogP contribution in [-0.2, 0) is 11.2 Å². The number of carbonyl (C=O) groups is 1. The quantitative estimate of drug-likeness (QED) is 0.444. The predicted molar refractivity (Wildman–Crippen MR) is 102 cm³/mol. The number of aryl methyl sites for hydroxylation is 1. The average molecular weight is 356 g/mol. The second kappa shape index (κ2) is 7.56. The lowest BCUT2D eigenvalue weighted by Gasteiger charge is -2.37. The van der Waals surface area contributed by atoms with Crippen molar-refractivity contribution in [2.45, 2.75) is 58.3 Å². The van der Waals surface area contributed by atoms with Gasteiger partial charge < -0.3 is 14.6 Å². The van der Waals surface area contributed by atoms with Gasteiger partial charge in [0.05, 0.1) is 7.11 Å². The summed E-state index contributed by atoms with van der Waals surface area (Å²) in [4.78, 5) is 12.4. The Balaban J connectivity index is 2.14. The first-order valence-electron chi connectivity index (χ1n) is 9.48. The van der Waals surface area contributed by atoms with Gasteiger partial charge >= 0.3 is 5.97 Å². The van der Waals surface area contributed by atoms with Crippen molar-refractivity contribution < 1.29 is 19.4 Å². The van der Waals surface area contributed by atoms with E-state index in [-0.39, 0.29) is 23.1 Å². The lowest BCUT2D eigenvalue weighted by molar-refractivity contribution is 0.0595. The summed E-state index contributed by atoms with van der Waals surface area (Å²) in [5.41, 5.74) is 3.05. The number of aromatic hydroxyl groups is 1. The van der Waals surface area contributed by atoms with Crippen molar-refractivity contribution in [2.75, 3.05) is 7.11 Å². The van der Waals surface area contributed by atoms with Gasteiger partial charge in [0, 0.05) is 17.4 Å². The second-order valence-corrected chi connectivity index (χ2v) is 7.37. The molecule has 0 saturated carbocycles. The molecule has 140 valence electrons. The molecule has 1 aromatic carbocycles. The molecule has 0 radical (unpaired) electrons. The molecule has 2 aliphatic rings. The molecule has 1 unspecified atom stereocenters. The maximum Gasteiger partial charge on any atom is 0.341 e. The van der Waals surface area contributed by atoms with Crippen molar-refractivity contribution in [3.63, 3.8) is 0 Å². The molecular weight excluding hydrogens is 328 g/mol. The number of fused-ring (bicyclic) bond motifs is 3. The number of hydrogen-bond acceptors (Lipinski definition) is 4. The molecule has 1 aliphatic carbocycles. The fourth-order valence-corrected chi connectivity index (χ4v) is 4.14. The highest BCUT2D eigenvalue weighted by Gasteiger charge is 2.39. The van der Waals surface area contributed by atoms with Crippen molar-refractivity contribution in [1.29, 1.82) is 0 Å². The molecule has 0 amide bonds. The summed E-state index contributed by atoms with van der Waals surface area (Å²) in [6, 6.07) is 1.90. The maximum absolute atomic E-state index is 12.4. The Labute approximate surface area is 155 Å². The van der Waals surface area contributed by atoms with E-state index in [4.69, 9.17) is 9.47 Å². The van der Waals surface area contributed by atoms with Gasteiger partial charge in [0.2, 0.25) is 0 Å². The van der Waals surface area contributed by atoms with Gasteiger partial charge in [-0.3, -0.25) is 0 Å². The molecule has 0 bridgehead atoms. The number of carbonyl (C=O) groups excluding carboxylic acids is 1. The Bertz CT molecular complexity index is 760. The van der Waals surface area contributed by atoms with E-state index < -0.39 is 5.97 Å². The minimum atomic E-state index is -0.491. The largest absolute Gasteiger partial charge is 0.507 e. The van der Waals surface area contributed by atoms with E-state index in [9.17, 15) is 9.90 Å². The van der Waals surface area contributed by atoms with Crippen molar-refractivity contribution in [3.8, 4) is 11.5 Å². The highest BCUT2D eigenvalue weighted by atomic mass is 16.5. The zero-order valence-corrected chi connectivity index (χ0v) is 15.9. The van der Waals surface area contributed by atoms with Crippen LogP contribution >= 0.6 is 0 Å². The van der Waals surface area contributed by atoms with Gasteiger partial charge in [-0.1, -0.05) is 38.0 Å². The van der Waals surface area contributed by atoms with Gasteiger partial charge in [0.15, 0.2) is 0 Å². The van der Waals surface area contributed by atoms with Crippen LogP contribution in [0, 0.1) is 5.92 Å². The summed E-state index contributed by atoms with van der Waals surface area (Å²) in [5, 5.41) is 11.0. The van der Waals surface area contributed by atoms with Gasteiger partial charge in [-0.15, -0.1) is 0 Å². The van der Waals surface area contributed by atoms with E-state index in [1.165, 1.54) is 12.7 Å². The van der Waals surface area contributed by atoms with Crippen LogP contribution in [0.5, 0.6) is 11.5 Å². The second-order valence-electron chi connectivity index (χ2n) is 7.37.